The molecule has 0 unspecified atom stereocenters. The van der Waals surface area contributed by atoms with E-state index in [1.807, 2.05) is 45.9 Å². The van der Waals surface area contributed by atoms with E-state index in [9.17, 15) is 24.6 Å². The molecule has 3 saturated heterocycles. The maximum Gasteiger partial charge on any atom is 0.310 e. The van der Waals surface area contributed by atoms with Gasteiger partial charge in [0.25, 0.3) is 5.91 Å². The minimum absolute atomic E-state index is 0.145. The molecular weight excluding hydrogens is 436 g/mol. The smallest absolute Gasteiger partial charge is 0.310 e. The summed E-state index contributed by atoms with van der Waals surface area (Å²) in [5, 5.41) is 20.2. The molecule has 2 N–H and O–H groups in total. The molecule has 1 aromatic carbocycles. The van der Waals surface area contributed by atoms with Crippen molar-refractivity contribution >= 4 is 23.5 Å². The first-order valence-corrected chi connectivity index (χ1v) is 11.9. The number of carboxylic acid groups (broad SMARTS) is 1. The van der Waals surface area contributed by atoms with Crippen LogP contribution in [-0.2, 0) is 19.1 Å². The number of carbonyl (C=O) groups is 3. The van der Waals surface area contributed by atoms with Gasteiger partial charge in [-0.3, -0.25) is 14.4 Å². The lowest BCUT2D eigenvalue weighted by Gasteiger charge is -2.40. The zero-order valence-corrected chi connectivity index (χ0v) is 20.2. The molecule has 34 heavy (non-hydrogen) atoms. The average molecular weight is 471 g/mol. The van der Waals surface area contributed by atoms with E-state index < -0.39 is 47.5 Å². The van der Waals surface area contributed by atoms with E-state index in [1.165, 1.54) is 4.90 Å². The van der Waals surface area contributed by atoms with Crippen molar-refractivity contribution in [2.75, 3.05) is 18.1 Å². The van der Waals surface area contributed by atoms with Crippen molar-refractivity contribution in [2.45, 2.75) is 64.3 Å². The van der Waals surface area contributed by atoms with Crippen LogP contribution in [0.5, 0.6) is 0 Å². The normalized spacial score (nSPS) is 30.5. The maximum atomic E-state index is 14.4. The molecule has 2 amide bonds. The number of likely N-dealkylation sites (tertiary alicyclic amines) is 1. The summed E-state index contributed by atoms with van der Waals surface area (Å²) in [6, 6.07) is 4.10. The first-order valence-electron chi connectivity index (χ1n) is 11.9. The van der Waals surface area contributed by atoms with Gasteiger partial charge in [-0.15, -0.1) is 6.58 Å². The van der Waals surface area contributed by atoms with Gasteiger partial charge in [0.05, 0.1) is 30.6 Å². The SMILES string of the molecule is C=CCN(C(=O)[C@H]1N([C@@H](CO)C(C)C)C(=O)[C@@H]2[C@@H](C(=O)O)[C@H]3CC[C@]21O3)c1c(C)cccc1C. The third-order valence-electron chi connectivity index (χ3n) is 7.86. The van der Waals surface area contributed by atoms with Gasteiger partial charge in [0.2, 0.25) is 5.91 Å². The van der Waals surface area contributed by atoms with Crippen molar-refractivity contribution in [3.8, 4) is 0 Å². The second-order valence-corrected chi connectivity index (χ2v) is 10.1. The van der Waals surface area contributed by atoms with E-state index in [1.54, 1.807) is 11.0 Å². The van der Waals surface area contributed by atoms with Gasteiger partial charge < -0.3 is 24.7 Å². The Hall–Kier alpha value is -2.71. The third-order valence-corrected chi connectivity index (χ3v) is 7.86. The largest absolute Gasteiger partial charge is 0.481 e. The highest BCUT2D eigenvalue weighted by Crippen LogP contribution is 2.59. The summed E-state index contributed by atoms with van der Waals surface area (Å²) in [7, 11) is 0. The van der Waals surface area contributed by atoms with Crippen molar-refractivity contribution < 1.29 is 29.3 Å². The van der Waals surface area contributed by atoms with Gasteiger partial charge in [0, 0.05) is 12.2 Å². The number of benzene rings is 1. The van der Waals surface area contributed by atoms with Crippen molar-refractivity contribution in [2.24, 2.45) is 17.8 Å². The van der Waals surface area contributed by atoms with Crippen molar-refractivity contribution in [3.05, 3.63) is 42.0 Å². The summed E-state index contributed by atoms with van der Waals surface area (Å²) in [5.41, 5.74) is 1.33. The van der Waals surface area contributed by atoms with Gasteiger partial charge in [-0.2, -0.15) is 0 Å². The van der Waals surface area contributed by atoms with Gasteiger partial charge in [0.1, 0.15) is 11.6 Å². The number of hydrogen-bond donors (Lipinski definition) is 2. The molecular formula is C26H34N2O6. The van der Waals surface area contributed by atoms with Crippen LogP contribution in [0.25, 0.3) is 0 Å². The number of hydrogen-bond acceptors (Lipinski definition) is 5. The minimum atomic E-state index is -1.22. The van der Waals surface area contributed by atoms with Crippen LogP contribution in [0.3, 0.4) is 0 Å². The van der Waals surface area contributed by atoms with E-state index in [2.05, 4.69) is 6.58 Å². The van der Waals surface area contributed by atoms with Crippen LogP contribution < -0.4 is 4.90 Å². The highest BCUT2D eigenvalue weighted by atomic mass is 16.5. The molecule has 1 aromatic rings. The number of anilines is 1. The Kier molecular flexibility index (Phi) is 6.33. The molecule has 0 aromatic heterocycles. The summed E-state index contributed by atoms with van der Waals surface area (Å²) >= 11 is 0. The molecule has 184 valence electrons. The standard InChI is InChI=1S/C26H34N2O6/c1-6-12-27(21-15(4)8-7-9-16(21)5)24(31)22-26-11-10-18(34-26)19(25(32)33)20(26)23(30)28(22)17(13-29)14(2)3/h6-9,14,17-20,22,29H,1,10-13H2,2-5H3,(H,32,33)/t17-,18+,19-,20-,22+,26-/m0/s1. The fourth-order valence-corrected chi connectivity index (χ4v) is 6.43. The fraction of sp³-hybridized carbons (Fsp3) is 0.577. The second kappa shape index (κ2) is 8.82. The number of aryl methyl sites for hydroxylation is 2. The predicted octanol–water partition coefficient (Wildman–Crippen LogP) is 2.30. The summed E-state index contributed by atoms with van der Waals surface area (Å²) < 4.78 is 6.29. The van der Waals surface area contributed by atoms with Gasteiger partial charge in [-0.05, 0) is 43.7 Å². The maximum absolute atomic E-state index is 14.4. The highest BCUT2D eigenvalue weighted by Gasteiger charge is 2.75. The Morgan fingerprint density at radius 1 is 1.32 bits per heavy atom. The molecule has 3 aliphatic heterocycles. The number of aliphatic carboxylic acids is 1. The Labute approximate surface area is 200 Å². The van der Waals surface area contributed by atoms with Gasteiger partial charge in [-0.1, -0.05) is 38.1 Å². The van der Waals surface area contributed by atoms with Crippen molar-refractivity contribution in [1.82, 2.24) is 4.90 Å². The van der Waals surface area contributed by atoms with Gasteiger partial charge >= 0.3 is 5.97 Å². The van der Waals surface area contributed by atoms with Crippen LogP contribution in [0.15, 0.2) is 30.9 Å². The Morgan fingerprint density at radius 2 is 1.97 bits per heavy atom. The number of amides is 2. The lowest BCUT2D eigenvalue weighted by molar-refractivity contribution is -0.151. The zero-order chi connectivity index (χ0) is 24.9. The van der Waals surface area contributed by atoms with E-state index in [0.717, 1.165) is 16.8 Å². The third kappa shape index (κ3) is 3.38. The number of carboxylic acids is 1. The second-order valence-electron chi connectivity index (χ2n) is 10.1. The van der Waals surface area contributed by atoms with Crippen LogP contribution in [-0.4, -0.2) is 69.8 Å². The summed E-state index contributed by atoms with van der Waals surface area (Å²) in [5.74, 6) is -3.93. The number of fused-ring (bicyclic) bond motifs is 1. The molecule has 8 heteroatoms. The summed E-state index contributed by atoms with van der Waals surface area (Å²) in [6.45, 7) is 11.3. The van der Waals surface area contributed by atoms with Crippen molar-refractivity contribution in [1.29, 1.82) is 0 Å². The molecule has 1 spiro atoms. The first-order chi connectivity index (χ1) is 16.1. The Balaban J connectivity index is 1.88. The predicted molar refractivity (Wildman–Crippen MR) is 126 cm³/mol. The Bertz CT molecular complexity index is 1000. The molecule has 3 aliphatic rings. The fourth-order valence-electron chi connectivity index (χ4n) is 6.43. The van der Waals surface area contributed by atoms with E-state index >= 15 is 0 Å². The Morgan fingerprint density at radius 3 is 2.50 bits per heavy atom. The van der Waals surface area contributed by atoms with Crippen LogP contribution in [0.4, 0.5) is 5.69 Å². The van der Waals surface area contributed by atoms with Gasteiger partial charge in [0.15, 0.2) is 0 Å². The van der Waals surface area contributed by atoms with E-state index in [-0.39, 0.29) is 25.0 Å². The molecule has 2 bridgehead atoms. The molecule has 6 atom stereocenters. The number of carbonyl (C=O) groups excluding carboxylic acids is 2. The number of rotatable bonds is 8. The lowest BCUT2D eigenvalue weighted by atomic mass is 9.70. The van der Waals surface area contributed by atoms with E-state index in [0.29, 0.717) is 12.8 Å². The lowest BCUT2D eigenvalue weighted by Crippen LogP contribution is -2.60. The minimum Gasteiger partial charge on any atom is -0.481 e. The van der Waals surface area contributed by atoms with Crippen LogP contribution in [0.1, 0.15) is 37.8 Å². The monoisotopic (exact) mass is 470 g/mol. The van der Waals surface area contributed by atoms with E-state index in [4.69, 9.17) is 4.74 Å². The first kappa shape index (κ1) is 24.4. The zero-order valence-electron chi connectivity index (χ0n) is 20.2. The number of aliphatic hydroxyl groups is 1. The molecule has 3 heterocycles. The quantitative estimate of drug-likeness (QED) is 0.565. The molecule has 4 rings (SSSR count). The molecule has 3 fully saturated rings. The number of aliphatic hydroxyl groups excluding tert-OH is 1. The molecule has 8 nitrogen and oxygen atoms in total. The van der Waals surface area contributed by atoms with Crippen LogP contribution in [0.2, 0.25) is 0 Å². The van der Waals surface area contributed by atoms with Crippen molar-refractivity contribution in [3.63, 3.8) is 0 Å². The van der Waals surface area contributed by atoms with Crippen LogP contribution >= 0.6 is 0 Å². The molecule has 0 aliphatic carbocycles. The number of para-hydroxylation sites is 1. The molecule has 0 radical (unpaired) electrons. The highest BCUT2D eigenvalue weighted by molar-refractivity contribution is 6.05. The summed E-state index contributed by atoms with van der Waals surface area (Å²) in [6.07, 6.45) is 1.95. The summed E-state index contributed by atoms with van der Waals surface area (Å²) in [4.78, 5) is 43.5. The van der Waals surface area contributed by atoms with Crippen LogP contribution in [0, 0.1) is 31.6 Å². The molecule has 0 saturated carbocycles. The number of ether oxygens (including phenoxy) is 1. The average Bonchev–Trinajstić information content (AvgIpc) is 3.41. The van der Waals surface area contributed by atoms with Gasteiger partial charge in [-0.25, -0.2) is 0 Å². The topological polar surface area (TPSA) is 107 Å². The number of nitrogens with zero attached hydrogens (tertiary/aromatic N) is 2.